The highest BCUT2D eigenvalue weighted by molar-refractivity contribution is 5.95. The molecule has 2 fully saturated rings. The molecule has 3 aromatic carbocycles. The Bertz CT molecular complexity index is 1180. The zero-order valence-electron chi connectivity index (χ0n) is 19.0. The van der Waals surface area contributed by atoms with Gasteiger partial charge in [0.05, 0.1) is 13.2 Å². The number of ether oxygens (including phenoxy) is 1. The lowest BCUT2D eigenvalue weighted by molar-refractivity contribution is 0.0950. The fraction of sp³-hybridized carbons (Fsp3) is 0.345. The van der Waals surface area contributed by atoms with Crippen LogP contribution in [0.1, 0.15) is 58.3 Å². The van der Waals surface area contributed by atoms with Crippen LogP contribution in [-0.2, 0) is 6.54 Å². The Balaban J connectivity index is 1.28. The van der Waals surface area contributed by atoms with Crippen LogP contribution in [0.15, 0.2) is 72.8 Å². The fourth-order valence-electron chi connectivity index (χ4n) is 6.74. The zero-order valence-corrected chi connectivity index (χ0v) is 19.0. The van der Waals surface area contributed by atoms with Crippen molar-refractivity contribution in [3.63, 3.8) is 0 Å². The maximum Gasteiger partial charge on any atom is 0.251 e. The van der Waals surface area contributed by atoms with Gasteiger partial charge in [0.25, 0.3) is 5.91 Å². The van der Waals surface area contributed by atoms with E-state index in [1.54, 1.807) is 7.11 Å². The number of anilines is 1. The van der Waals surface area contributed by atoms with Gasteiger partial charge in [-0.15, -0.1) is 0 Å². The molecule has 168 valence electrons. The third-order valence-electron chi connectivity index (χ3n) is 8.14. The highest BCUT2D eigenvalue weighted by atomic mass is 16.5. The van der Waals surface area contributed by atoms with Crippen molar-refractivity contribution < 1.29 is 9.53 Å². The normalized spacial score (nSPS) is 26.8. The van der Waals surface area contributed by atoms with Crippen LogP contribution in [0.25, 0.3) is 0 Å². The first-order valence-corrected chi connectivity index (χ1v) is 12.1. The number of nitrogens with one attached hydrogen (secondary N) is 2. The lowest BCUT2D eigenvalue weighted by atomic mass is 9.68. The molecule has 0 saturated heterocycles. The van der Waals surface area contributed by atoms with E-state index in [0.717, 1.165) is 28.7 Å². The van der Waals surface area contributed by atoms with E-state index in [2.05, 4.69) is 53.1 Å². The molecular formula is C29H30N2O2. The molecule has 1 aliphatic heterocycles. The maximum atomic E-state index is 13.1. The van der Waals surface area contributed by atoms with Gasteiger partial charge in [-0.2, -0.15) is 0 Å². The van der Waals surface area contributed by atoms with E-state index in [1.807, 2.05) is 30.3 Å². The highest BCUT2D eigenvalue weighted by Crippen LogP contribution is 2.63. The van der Waals surface area contributed by atoms with Gasteiger partial charge >= 0.3 is 0 Å². The summed E-state index contributed by atoms with van der Waals surface area (Å²) >= 11 is 0. The first-order chi connectivity index (χ1) is 16.2. The summed E-state index contributed by atoms with van der Waals surface area (Å²) in [6.45, 7) is 0.449. The van der Waals surface area contributed by atoms with Crippen LogP contribution in [0.3, 0.4) is 0 Å². The van der Waals surface area contributed by atoms with Crippen LogP contribution >= 0.6 is 0 Å². The smallest absolute Gasteiger partial charge is 0.251 e. The molecular weight excluding hydrogens is 408 g/mol. The van der Waals surface area contributed by atoms with Gasteiger partial charge in [0.1, 0.15) is 5.75 Å². The van der Waals surface area contributed by atoms with Gasteiger partial charge in [-0.1, -0.05) is 48.5 Å². The van der Waals surface area contributed by atoms with E-state index in [0.29, 0.717) is 24.4 Å². The number of carbonyl (C=O) groups excluding carboxylic acids is 1. The van der Waals surface area contributed by atoms with E-state index in [-0.39, 0.29) is 5.91 Å². The number of hydrogen-bond acceptors (Lipinski definition) is 3. The first kappa shape index (κ1) is 20.3. The molecule has 1 amide bonds. The van der Waals surface area contributed by atoms with Gasteiger partial charge in [-0.25, -0.2) is 0 Å². The van der Waals surface area contributed by atoms with Crippen molar-refractivity contribution >= 4 is 11.6 Å². The van der Waals surface area contributed by atoms with Gasteiger partial charge in [-0.3, -0.25) is 4.79 Å². The molecule has 5 atom stereocenters. The number of methoxy groups -OCH3 is 1. The topological polar surface area (TPSA) is 50.4 Å². The van der Waals surface area contributed by atoms with Crippen LogP contribution in [0.4, 0.5) is 5.69 Å². The summed E-state index contributed by atoms with van der Waals surface area (Å²) in [5.74, 6) is 3.41. The molecule has 0 unspecified atom stereocenters. The Morgan fingerprint density at radius 3 is 2.64 bits per heavy atom. The number of amides is 1. The summed E-state index contributed by atoms with van der Waals surface area (Å²) in [6, 6.07) is 25.3. The number of carbonyl (C=O) groups is 1. The average Bonchev–Trinajstić information content (AvgIpc) is 3.50. The number of fused-ring (bicyclic) bond motifs is 7. The molecule has 0 radical (unpaired) electrons. The number of para-hydroxylation sites is 1. The Hall–Kier alpha value is -3.27. The lowest BCUT2D eigenvalue weighted by Crippen LogP contribution is -2.35. The Kier molecular flexibility index (Phi) is 5.09. The molecule has 2 aliphatic carbocycles. The number of rotatable bonds is 5. The van der Waals surface area contributed by atoms with E-state index >= 15 is 0 Å². The van der Waals surface area contributed by atoms with Crippen LogP contribution in [0.2, 0.25) is 0 Å². The van der Waals surface area contributed by atoms with Crippen molar-refractivity contribution in [1.82, 2.24) is 5.32 Å². The quantitative estimate of drug-likeness (QED) is 0.520. The minimum absolute atomic E-state index is 0.0337. The third-order valence-corrected chi connectivity index (χ3v) is 8.14. The Morgan fingerprint density at radius 2 is 1.79 bits per heavy atom. The average molecular weight is 439 g/mol. The first-order valence-electron chi connectivity index (χ1n) is 12.1. The molecule has 1 heterocycles. The summed E-state index contributed by atoms with van der Waals surface area (Å²) in [4.78, 5) is 13.1. The molecule has 2 bridgehead atoms. The van der Waals surface area contributed by atoms with Crippen molar-refractivity contribution in [3.05, 3.63) is 95.1 Å². The minimum Gasteiger partial charge on any atom is -0.496 e. The Labute approximate surface area is 195 Å². The minimum atomic E-state index is -0.0337. The second kappa shape index (κ2) is 8.26. The van der Waals surface area contributed by atoms with Crippen LogP contribution in [0.5, 0.6) is 5.75 Å². The lowest BCUT2D eigenvalue weighted by Gasteiger charge is -2.43. The predicted octanol–water partition coefficient (Wildman–Crippen LogP) is 5.92. The molecule has 4 heteroatoms. The summed E-state index contributed by atoms with van der Waals surface area (Å²) in [5, 5.41) is 6.95. The van der Waals surface area contributed by atoms with Crippen molar-refractivity contribution in [1.29, 1.82) is 0 Å². The van der Waals surface area contributed by atoms with Crippen LogP contribution < -0.4 is 15.4 Å². The molecule has 2 N–H and O–H groups in total. The van der Waals surface area contributed by atoms with Crippen LogP contribution in [-0.4, -0.2) is 13.0 Å². The van der Waals surface area contributed by atoms with Crippen molar-refractivity contribution in [2.24, 2.45) is 17.8 Å². The third kappa shape index (κ3) is 3.49. The van der Waals surface area contributed by atoms with E-state index in [4.69, 9.17) is 4.74 Å². The monoisotopic (exact) mass is 438 g/mol. The van der Waals surface area contributed by atoms with Crippen molar-refractivity contribution in [2.45, 2.75) is 37.8 Å². The van der Waals surface area contributed by atoms with E-state index in [9.17, 15) is 4.79 Å². The standard InChI is InChI=1S/C29H30N2O2/c1-33-25-10-6-5-9-22(25)17-30-29(32)21-13-14-24-23(16-21)26-19-11-12-20(15-19)27(26)28(31-24)18-7-3-2-4-8-18/h2-10,13-14,16,19-20,26-28,31H,11-12,15,17H2,1H3,(H,30,32)/t19-,20-,26-,27+,28-/m0/s1. The van der Waals surface area contributed by atoms with Gasteiger partial charge in [0.2, 0.25) is 0 Å². The largest absolute Gasteiger partial charge is 0.496 e. The molecule has 2 saturated carbocycles. The van der Waals surface area contributed by atoms with Crippen LogP contribution in [0, 0.1) is 17.8 Å². The SMILES string of the molecule is COc1ccccc1CNC(=O)c1ccc2c(c1)[C@@H]1[C@H]3CC[C@@H](C3)[C@H]1[C@H](c1ccccc1)N2. The molecule has 0 spiro atoms. The van der Waals surface area contributed by atoms with Gasteiger partial charge in [-0.05, 0) is 78.3 Å². The number of benzene rings is 3. The Morgan fingerprint density at radius 1 is 1.00 bits per heavy atom. The molecule has 33 heavy (non-hydrogen) atoms. The zero-order chi connectivity index (χ0) is 22.4. The summed E-state index contributed by atoms with van der Waals surface area (Å²) in [7, 11) is 1.66. The van der Waals surface area contributed by atoms with Crippen molar-refractivity contribution in [2.75, 3.05) is 12.4 Å². The van der Waals surface area contributed by atoms with Gasteiger partial charge in [0.15, 0.2) is 0 Å². The van der Waals surface area contributed by atoms with Gasteiger partial charge < -0.3 is 15.4 Å². The maximum absolute atomic E-state index is 13.1. The van der Waals surface area contributed by atoms with Crippen molar-refractivity contribution in [3.8, 4) is 5.75 Å². The molecule has 3 aromatic rings. The summed E-state index contributed by atoms with van der Waals surface area (Å²) in [5.41, 5.74) is 5.63. The molecule has 0 aromatic heterocycles. The van der Waals surface area contributed by atoms with Gasteiger partial charge in [0, 0.05) is 23.4 Å². The molecule has 3 aliphatic rings. The second-order valence-corrected chi connectivity index (χ2v) is 9.77. The predicted molar refractivity (Wildman–Crippen MR) is 130 cm³/mol. The fourth-order valence-corrected chi connectivity index (χ4v) is 6.74. The second-order valence-electron chi connectivity index (χ2n) is 9.77. The molecule has 6 rings (SSSR count). The van der Waals surface area contributed by atoms with E-state index < -0.39 is 0 Å². The summed E-state index contributed by atoms with van der Waals surface area (Å²) in [6.07, 6.45) is 3.98. The molecule has 4 nitrogen and oxygen atoms in total. The summed E-state index contributed by atoms with van der Waals surface area (Å²) < 4.78 is 5.42. The van der Waals surface area contributed by atoms with E-state index in [1.165, 1.54) is 36.1 Å². The highest BCUT2D eigenvalue weighted by Gasteiger charge is 2.53. The number of hydrogen-bond donors (Lipinski definition) is 2.